The normalized spacial score (nSPS) is 11.0. The van der Waals surface area contributed by atoms with Gasteiger partial charge in [0, 0.05) is 6.07 Å². The smallest absolute Gasteiger partial charge is 0.294 e. The Hall–Kier alpha value is -1.80. The molecule has 0 aliphatic rings. The van der Waals surface area contributed by atoms with Crippen LogP contribution in [0.2, 0.25) is 0 Å². The molecule has 7 nitrogen and oxygen atoms in total. The summed E-state index contributed by atoms with van der Waals surface area (Å²) < 4.78 is 29.9. The van der Waals surface area contributed by atoms with E-state index < -0.39 is 25.6 Å². The van der Waals surface area contributed by atoms with Crippen LogP contribution >= 0.6 is 0 Å². The van der Waals surface area contributed by atoms with E-state index in [4.69, 9.17) is 4.55 Å². The molecule has 0 fully saturated rings. The van der Waals surface area contributed by atoms with E-state index in [1.807, 2.05) is 0 Å². The number of hydrogen-bond donors (Lipinski definition) is 1. The number of aldehydes is 1. The van der Waals surface area contributed by atoms with Crippen LogP contribution in [0.15, 0.2) is 23.1 Å². The largest absolute Gasteiger partial charge is 0.298 e. The lowest BCUT2D eigenvalue weighted by atomic mass is 10.2. The van der Waals surface area contributed by atoms with Crippen LogP contribution in [0.25, 0.3) is 0 Å². The number of hydrogen-bond acceptors (Lipinski definition) is 5. The van der Waals surface area contributed by atoms with E-state index >= 15 is 0 Å². The van der Waals surface area contributed by atoms with Gasteiger partial charge in [-0.05, 0) is 12.1 Å². The van der Waals surface area contributed by atoms with Gasteiger partial charge >= 0.3 is 0 Å². The summed E-state index contributed by atoms with van der Waals surface area (Å²) in [5.41, 5.74) is -0.924. The van der Waals surface area contributed by atoms with E-state index in [0.717, 1.165) is 12.1 Å². The summed E-state index contributed by atoms with van der Waals surface area (Å²) in [4.78, 5) is 19.3. The Kier molecular flexibility index (Phi) is 2.82. The number of carbonyl (C=O) groups is 1. The molecule has 0 aromatic heterocycles. The molecule has 1 aromatic rings. The van der Waals surface area contributed by atoms with Crippen LogP contribution in [-0.4, -0.2) is 24.2 Å². The van der Waals surface area contributed by atoms with E-state index in [1.165, 1.54) is 0 Å². The Labute approximate surface area is 84.2 Å². The van der Waals surface area contributed by atoms with Crippen LogP contribution < -0.4 is 0 Å². The van der Waals surface area contributed by atoms with Crippen LogP contribution in [-0.2, 0) is 10.1 Å². The fraction of sp³-hybridized carbons (Fsp3) is 0. The molecule has 0 amide bonds. The monoisotopic (exact) mass is 231 g/mol. The van der Waals surface area contributed by atoms with Crippen molar-refractivity contribution in [3.63, 3.8) is 0 Å². The maximum atomic E-state index is 10.7. The third-order valence-corrected chi connectivity index (χ3v) is 2.47. The van der Waals surface area contributed by atoms with E-state index in [2.05, 4.69) is 0 Å². The minimum atomic E-state index is -4.50. The van der Waals surface area contributed by atoms with Crippen molar-refractivity contribution in [2.45, 2.75) is 4.90 Å². The van der Waals surface area contributed by atoms with Crippen LogP contribution in [0.4, 0.5) is 5.69 Å². The van der Waals surface area contributed by atoms with Gasteiger partial charge in [0.25, 0.3) is 15.8 Å². The third-order valence-electron chi connectivity index (χ3n) is 1.62. The zero-order valence-electron chi connectivity index (χ0n) is 7.15. The quantitative estimate of drug-likeness (QED) is 0.353. The second-order valence-corrected chi connectivity index (χ2v) is 3.99. The SMILES string of the molecule is O=Cc1ccc(S(=O)(=O)O)cc1[N+](=O)[O-]. The fourth-order valence-electron chi connectivity index (χ4n) is 0.942. The highest BCUT2D eigenvalue weighted by Gasteiger charge is 2.18. The molecule has 15 heavy (non-hydrogen) atoms. The van der Waals surface area contributed by atoms with Gasteiger partial charge in [-0.3, -0.25) is 19.5 Å². The summed E-state index contributed by atoms with van der Waals surface area (Å²) in [6.07, 6.45) is 0.228. The van der Waals surface area contributed by atoms with E-state index in [0.29, 0.717) is 6.07 Å². The summed E-state index contributed by atoms with van der Waals surface area (Å²) in [6, 6.07) is 2.49. The molecule has 0 atom stereocenters. The third kappa shape index (κ3) is 2.36. The molecule has 0 spiro atoms. The lowest BCUT2D eigenvalue weighted by Gasteiger charge is -1.98. The Balaban J connectivity index is 3.48. The molecule has 0 aliphatic carbocycles. The van der Waals surface area contributed by atoms with Gasteiger partial charge in [0.15, 0.2) is 6.29 Å². The molecule has 1 N–H and O–H groups in total. The molecule has 0 saturated heterocycles. The van der Waals surface area contributed by atoms with Gasteiger partial charge < -0.3 is 0 Å². The minimum absolute atomic E-state index is 0.228. The molecule has 0 heterocycles. The van der Waals surface area contributed by atoms with Gasteiger partial charge in [0.05, 0.1) is 10.5 Å². The lowest BCUT2D eigenvalue weighted by Crippen LogP contribution is -2.01. The van der Waals surface area contributed by atoms with Gasteiger partial charge in [0.2, 0.25) is 0 Å². The summed E-state index contributed by atoms with van der Waals surface area (Å²) >= 11 is 0. The van der Waals surface area contributed by atoms with Crippen LogP contribution in [0, 0.1) is 10.1 Å². The summed E-state index contributed by atoms with van der Waals surface area (Å²) in [6.45, 7) is 0. The van der Waals surface area contributed by atoms with E-state index in [9.17, 15) is 23.3 Å². The standard InChI is InChI=1S/C7H5NO6S/c9-4-5-1-2-6(15(12,13)14)3-7(5)8(10)11/h1-4H,(H,12,13,14). The van der Waals surface area contributed by atoms with Gasteiger partial charge in [0.1, 0.15) is 4.90 Å². The van der Waals surface area contributed by atoms with Crippen molar-refractivity contribution in [3.05, 3.63) is 33.9 Å². The number of rotatable bonds is 3. The fourth-order valence-corrected chi connectivity index (χ4v) is 1.44. The Morgan fingerprint density at radius 3 is 2.40 bits per heavy atom. The second-order valence-electron chi connectivity index (χ2n) is 2.57. The minimum Gasteiger partial charge on any atom is -0.298 e. The predicted molar refractivity (Wildman–Crippen MR) is 48.3 cm³/mol. The van der Waals surface area contributed by atoms with Crippen LogP contribution in [0.5, 0.6) is 0 Å². The van der Waals surface area contributed by atoms with Crippen LogP contribution in [0.1, 0.15) is 10.4 Å². The Morgan fingerprint density at radius 2 is 2.00 bits per heavy atom. The van der Waals surface area contributed by atoms with Gasteiger partial charge in [-0.1, -0.05) is 0 Å². The average molecular weight is 231 g/mol. The van der Waals surface area contributed by atoms with Crippen molar-refractivity contribution >= 4 is 22.1 Å². The summed E-state index contributed by atoms with van der Waals surface area (Å²) in [5, 5.41) is 10.4. The maximum Gasteiger partial charge on any atom is 0.294 e. The number of carbonyl (C=O) groups excluding carboxylic acids is 1. The van der Waals surface area contributed by atoms with Gasteiger partial charge in [-0.15, -0.1) is 0 Å². The summed E-state index contributed by atoms with van der Waals surface area (Å²) in [5.74, 6) is 0. The van der Waals surface area contributed by atoms with Crippen molar-refractivity contribution in [1.29, 1.82) is 0 Å². The summed E-state index contributed by atoms with van der Waals surface area (Å²) in [7, 11) is -4.50. The highest BCUT2D eigenvalue weighted by atomic mass is 32.2. The molecule has 1 rings (SSSR count). The highest BCUT2D eigenvalue weighted by Crippen LogP contribution is 2.21. The zero-order chi connectivity index (χ0) is 11.6. The molecule has 0 radical (unpaired) electrons. The molecular weight excluding hydrogens is 226 g/mol. The van der Waals surface area contributed by atoms with Crippen molar-refractivity contribution in [1.82, 2.24) is 0 Å². The van der Waals surface area contributed by atoms with Crippen molar-refractivity contribution in [3.8, 4) is 0 Å². The topological polar surface area (TPSA) is 115 Å². The van der Waals surface area contributed by atoms with Crippen molar-refractivity contribution in [2.24, 2.45) is 0 Å². The molecule has 0 unspecified atom stereocenters. The van der Waals surface area contributed by atoms with E-state index in [-0.39, 0.29) is 11.8 Å². The lowest BCUT2D eigenvalue weighted by molar-refractivity contribution is -0.385. The van der Waals surface area contributed by atoms with Gasteiger partial charge in [-0.25, -0.2) is 0 Å². The van der Waals surface area contributed by atoms with Crippen molar-refractivity contribution in [2.75, 3.05) is 0 Å². The molecule has 80 valence electrons. The Morgan fingerprint density at radius 1 is 1.40 bits per heavy atom. The first kappa shape index (κ1) is 11.3. The number of nitro benzene ring substituents is 1. The van der Waals surface area contributed by atoms with Gasteiger partial charge in [-0.2, -0.15) is 8.42 Å². The van der Waals surface area contributed by atoms with E-state index in [1.54, 1.807) is 0 Å². The average Bonchev–Trinajstić information content (AvgIpc) is 2.15. The first-order chi connectivity index (χ1) is 6.86. The molecule has 0 bridgehead atoms. The molecule has 0 aliphatic heterocycles. The second kappa shape index (κ2) is 3.75. The number of nitro groups is 1. The highest BCUT2D eigenvalue weighted by molar-refractivity contribution is 7.85. The maximum absolute atomic E-state index is 10.7. The first-order valence-electron chi connectivity index (χ1n) is 3.57. The molecular formula is C7H5NO6S. The van der Waals surface area contributed by atoms with Crippen molar-refractivity contribution < 1.29 is 22.7 Å². The molecule has 0 saturated carbocycles. The van der Waals surface area contributed by atoms with Crippen LogP contribution in [0.3, 0.4) is 0 Å². The first-order valence-corrected chi connectivity index (χ1v) is 5.01. The number of benzene rings is 1. The molecule has 1 aromatic carbocycles. The predicted octanol–water partition coefficient (Wildman–Crippen LogP) is 0.654. The molecule has 8 heteroatoms. The number of nitrogens with zero attached hydrogens (tertiary/aromatic N) is 1. The zero-order valence-corrected chi connectivity index (χ0v) is 7.97. The Bertz CT molecular complexity index is 520.